The Bertz CT molecular complexity index is 940. The summed E-state index contributed by atoms with van der Waals surface area (Å²) in [5.74, 6) is -0.864. The Hall–Kier alpha value is -3.11. The van der Waals surface area contributed by atoms with Crippen LogP contribution in [0.5, 0.6) is 0 Å². The molecule has 0 saturated heterocycles. The highest BCUT2D eigenvalue weighted by atomic mass is 35.5. The number of hydrogen-bond acceptors (Lipinski definition) is 3. The van der Waals surface area contributed by atoms with Crippen LogP contribution >= 0.6 is 11.6 Å². The molecule has 0 aliphatic heterocycles. The van der Waals surface area contributed by atoms with Gasteiger partial charge in [-0.15, -0.1) is 0 Å². The minimum Gasteiger partial charge on any atom is -0.452 e. The predicted molar refractivity (Wildman–Crippen MR) is 109 cm³/mol. The van der Waals surface area contributed by atoms with E-state index in [1.54, 1.807) is 24.3 Å². The van der Waals surface area contributed by atoms with Gasteiger partial charge in [-0.3, -0.25) is 4.79 Å². The third-order valence-corrected chi connectivity index (χ3v) is 4.46. The highest BCUT2D eigenvalue weighted by molar-refractivity contribution is 6.30. The molecular formula is C23H20ClNO3. The summed E-state index contributed by atoms with van der Waals surface area (Å²) in [5.41, 5.74) is 3.35. The van der Waals surface area contributed by atoms with E-state index in [0.717, 1.165) is 16.7 Å². The molecule has 0 fully saturated rings. The fourth-order valence-corrected chi connectivity index (χ4v) is 2.88. The van der Waals surface area contributed by atoms with Gasteiger partial charge in [-0.25, -0.2) is 4.79 Å². The highest BCUT2D eigenvalue weighted by Gasteiger charge is 2.14. The van der Waals surface area contributed by atoms with Gasteiger partial charge in [0.15, 0.2) is 6.61 Å². The molecule has 0 radical (unpaired) electrons. The summed E-state index contributed by atoms with van der Waals surface area (Å²) >= 11 is 5.84. The van der Waals surface area contributed by atoms with Crippen molar-refractivity contribution in [2.45, 2.75) is 13.0 Å². The number of benzene rings is 3. The molecule has 1 amide bonds. The van der Waals surface area contributed by atoms with Gasteiger partial charge in [-0.1, -0.05) is 72.3 Å². The zero-order chi connectivity index (χ0) is 19.8. The van der Waals surface area contributed by atoms with Gasteiger partial charge in [0.05, 0.1) is 5.56 Å². The van der Waals surface area contributed by atoms with Crippen LogP contribution in [0.1, 0.15) is 27.0 Å². The summed E-state index contributed by atoms with van der Waals surface area (Å²) < 4.78 is 5.20. The number of hydrogen-bond donors (Lipinski definition) is 1. The monoisotopic (exact) mass is 393 g/mol. The second-order valence-electron chi connectivity index (χ2n) is 6.30. The quantitative estimate of drug-likeness (QED) is 0.605. The van der Waals surface area contributed by atoms with E-state index in [4.69, 9.17) is 16.3 Å². The molecule has 0 unspecified atom stereocenters. The smallest absolute Gasteiger partial charge is 0.338 e. The number of rotatable bonds is 7. The molecule has 0 atom stereocenters. The summed E-state index contributed by atoms with van der Waals surface area (Å²) in [6.45, 7) is 0.0181. The summed E-state index contributed by atoms with van der Waals surface area (Å²) in [5, 5.41) is 3.36. The van der Waals surface area contributed by atoms with Crippen LogP contribution in [0.25, 0.3) is 0 Å². The Morgan fingerprint density at radius 1 is 0.821 bits per heavy atom. The topological polar surface area (TPSA) is 55.4 Å². The average molecular weight is 394 g/mol. The lowest BCUT2D eigenvalue weighted by atomic mass is 10.00. The lowest BCUT2D eigenvalue weighted by Gasteiger charge is -2.10. The van der Waals surface area contributed by atoms with E-state index in [1.807, 2.05) is 54.6 Å². The number of amides is 1. The van der Waals surface area contributed by atoms with Gasteiger partial charge in [0.2, 0.25) is 0 Å². The molecule has 142 valence electrons. The molecular weight excluding hydrogens is 374 g/mol. The van der Waals surface area contributed by atoms with E-state index in [1.165, 1.54) is 0 Å². The first-order valence-electron chi connectivity index (χ1n) is 8.92. The molecule has 3 aromatic rings. The first-order valence-corrected chi connectivity index (χ1v) is 9.30. The Labute approximate surface area is 169 Å². The lowest BCUT2D eigenvalue weighted by Crippen LogP contribution is -2.28. The molecule has 0 heterocycles. The zero-order valence-corrected chi connectivity index (χ0v) is 16.0. The van der Waals surface area contributed by atoms with Crippen molar-refractivity contribution in [1.29, 1.82) is 0 Å². The van der Waals surface area contributed by atoms with E-state index >= 15 is 0 Å². The molecule has 3 aromatic carbocycles. The minimum atomic E-state index is -0.506. The highest BCUT2D eigenvalue weighted by Crippen LogP contribution is 2.15. The Morgan fingerprint density at radius 3 is 2.25 bits per heavy atom. The molecule has 0 spiro atoms. The van der Waals surface area contributed by atoms with Crippen LogP contribution in [0.2, 0.25) is 5.02 Å². The molecule has 5 heteroatoms. The Morgan fingerprint density at radius 2 is 1.50 bits per heavy atom. The third-order valence-electron chi connectivity index (χ3n) is 4.21. The largest absolute Gasteiger partial charge is 0.452 e. The fraction of sp³-hybridized carbons (Fsp3) is 0.130. The first-order chi connectivity index (χ1) is 13.6. The van der Waals surface area contributed by atoms with E-state index < -0.39 is 5.97 Å². The molecule has 0 aromatic heterocycles. The maximum absolute atomic E-state index is 12.5. The Kier molecular flexibility index (Phi) is 6.82. The summed E-state index contributed by atoms with van der Waals surface area (Å²) in [6, 6.07) is 24.3. The number of ether oxygens (including phenoxy) is 1. The van der Waals surface area contributed by atoms with Gasteiger partial charge >= 0.3 is 5.97 Å². The molecule has 3 rings (SSSR count). The van der Waals surface area contributed by atoms with Crippen LogP contribution in [0.15, 0.2) is 78.9 Å². The van der Waals surface area contributed by atoms with E-state index in [-0.39, 0.29) is 12.5 Å². The average Bonchev–Trinajstić information content (AvgIpc) is 2.73. The van der Waals surface area contributed by atoms with Crippen LogP contribution < -0.4 is 5.32 Å². The van der Waals surface area contributed by atoms with Gasteiger partial charge in [0.1, 0.15) is 0 Å². The van der Waals surface area contributed by atoms with Gasteiger partial charge < -0.3 is 10.1 Å². The molecule has 0 aliphatic rings. The fourth-order valence-electron chi connectivity index (χ4n) is 2.75. The molecule has 0 bridgehead atoms. The van der Waals surface area contributed by atoms with Crippen molar-refractivity contribution in [3.05, 3.63) is 106 Å². The molecule has 0 aliphatic carbocycles. The van der Waals surface area contributed by atoms with Crippen molar-refractivity contribution in [3.8, 4) is 0 Å². The van der Waals surface area contributed by atoms with Crippen LogP contribution in [0.4, 0.5) is 0 Å². The van der Waals surface area contributed by atoms with Crippen molar-refractivity contribution in [1.82, 2.24) is 5.32 Å². The number of esters is 1. The van der Waals surface area contributed by atoms with Gasteiger partial charge in [0, 0.05) is 11.6 Å². The summed E-state index contributed by atoms with van der Waals surface area (Å²) in [6.07, 6.45) is 0.620. The van der Waals surface area contributed by atoms with Crippen molar-refractivity contribution in [2.75, 3.05) is 6.61 Å². The maximum atomic E-state index is 12.5. The van der Waals surface area contributed by atoms with E-state index in [0.29, 0.717) is 23.6 Å². The van der Waals surface area contributed by atoms with E-state index in [2.05, 4.69) is 5.32 Å². The predicted octanol–water partition coefficient (Wildman–Crippen LogP) is 4.40. The van der Waals surface area contributed by atoms with Crippen LogP contribution in [-0.2, 0) is 22.5 Å². The lowest BCUT2D eigenvalue weighted by molar-refractivity contribution is -0.124. The van der Waals surface area contributed by atoms with Gasteiger partial charge in [0.25, 0.3) is 5.91 Å². The normalized spacial score (nSPS) is 10.3. The third kappa shape index (κ3) is 5.69. The number of nitrogens with one attached hydrogen (secondary N) is 1. The zero-order valence-electron chi connectivity index (χ0n) is 15.2. The van der Waals surface area contributed by atoms with Crippen molar-refractivity contribution in [2.24, 2.45) is 0 Å². The van der Waals surface area contributed by atoms with Crippen LogP contribution in [-0.4, -0.2) is 18.5 Å². The summed E-state index contributed by atoms with van der Waals surface area (Å²) in [4.78, 5) is 24.4. The summed E-state index contributed by atoms with van der Waals surface area (Å²) in [7, 11) is 0. The van der Waals surface area contributed by atoms with Crippen LogP contribution in [0.3, 0.4) is 0 Å². The van der Waals surface area contributed by atoms with Gasteiger partial charge in [-0.2, -0.15) is 0 Å². The molecule has 1 N–H and O–H groups in total. The maximum Gasteiger partial charge on any atom is 0.338 e. The van der Waals surface area contributed by atoms with Crippen molar-refractivity contribution < 1.29 is 14.3 Å². The van der Waals surface area contributed by atoms with Crippen LogP contribution in [0, 0.1) is 0 Å². The number of halogens is 1. The number of carbonyl (C=O) groups is 2. The second-order valence-corrected chi connectivity index (χ2v) is 6.74. The minimum absolute atomic E-state index is 0.327. The Balaban J connectivity index is 1.54. The first kappa shape index (κ1) is 19.6. The molecule has 4 nitrogen and oxygen atoms in total. The standard InChI is InChI=1S/C23H20ClNO3/c24-20-12-10-18(11-13-20)15-25-22(26)16-28-23(27)21-9-5-4-8-19(21)14-17-6-2-1-3-7-17/h1-13H,14-16H2,(H,25,26). The molecule has 0 saturated carbocycles. The van der Waals surface area contributed by atoms with Crippen molar-refractivity contribution in [3.63, 3.8) is 0 Å². The SMILES string of the molecule is O=C(COC(=O)c1ccccc1Cc1ccccc1)NCc1ccc(Cl)cc1. The molecule has 28 heavy (non-hydrogen) atoms. The second kappa shape index (κ2) is 9.72. The van der Waals surface area contributed by atoms with Crippen molar-refractivity contribution >= 4 is 23.5 Å². The van der Waals surface area contributed by atoms with E-state index in [9.17, 15) is 9.59 Å². The van der Waals surface area contributed by atoms with Gasteiger partial charge in [-0.05, 0) is 41.3 Å². The number of carbonyl (C=O) groups excluding carboxylic acids is 2.